The fraction of sp³-hybridized carbons (Fsp3) is 0.444. The molecule has 1 rings (SSSR count). The number of H-pyrrole nitrogens is 1. The molecule has 0 atom stereocenters. The van der Waals surface area contributed by atoms with Crippen LogP contribution in [0.1, 0.15) is 13.8 Å². The first-order valence-electron chi connectivity index (χ1n) is 4.23. The molecule has 1 heterocycles. The van der Waals surface area contributed by atoms with Gasteiger partial charge in [-0.25, -0.2) is 0 Å². The van der Waals surface area contributed by atoms with E-state index in [0.29, 0.717) is 12.4 Å². The van der Waals surface area contributed by atoms with Crippen molar-refractivity contribution in [3.05, 3.63) is 27.5 Å². The Labute approximate surface area is 86.9 Å². The average molecular weight is 217 g/mol. The van der Waals surface area contributed by atoms with Crippen molar-refractivity contribution >= 4 is 17.4 Å². The highest BCUT2D eigenvalue weighted by Gasteiger charge is 2.11. The Kier molecular flexibility index (Phi) is 3.18. The molecular weight excluding hydrogens is 204 g/mol. The van der Waals surface area contributed by atoms with E-state index in [2.05, 4.69) is 10.3 Å². The van der Waals surface area contributed by atoms with Crippen molar-refractivity contribution in [3.63, 3.8) is 0 Å². The third-order valence-corrected chi connectivity index (χ3v) is 1.72. The predicted octanol–water partition coefficient (Wildman–Crippen LogP) is 1.21. The largest absolute Gasteiger partial charge is 0.389 e. The number of aromatic nitrogens is 1. The number of nitrogens with one attached hydrogen (secondary N) is 2. The Bertz CT molecular complexity index is 368. The number of pyridine rings is 1. The van der Waals surface area contributed by atoms with Gasteiger partial charge in [0, 0.05) is 18.7 Å². The highest BCUT2D eigenvalue weighted by molar-refractivity contribution is 6.29. The Morgan fingerprint density at radius 3 is 2.71 bits per heavy atom. The zero-order chi connectivity index (χ0) is 10.8. The molecule has 3 N–H and O–H groups in total. The molecule has 0 saturated heterocycles. The average Bonchev–Trinajstić information content (AvgIpc) is 1.97. The zero-order valence-corrected chi connectivity index (χ0v) is 8.85. The number of halogens is 1. The van der Waals surface area contributed by atoms with Crippen LogP contribution in [-0.2, 0) is 0 Å². The van der Waals surface area contributed by atoms with Crippen LogP contribution in [0.2, 0.25) is 5.15 Å². The second kappa shape index (κ2) is 4.02. The van der Waals surface area contributed by atoms with Crippen LogP contribution < -0.4 is 10.7 Å². The molecule has 0 aromatic carbocycles. The highest BCUT2D eigenvalue weighted by atomic mass is 35.5. The zero-order valence-electron chi connectivity index (χ0n) is 8.10. The summed E-state index contributed by atoms with van der Waals surface area (Å²) in [6.45, 7) is 3.68. The molecule has 0 spiro atoms. The van der Waals surface area contributed by atoms with Crippen molar-refractivity contribution in [2.75, 3.05) is 11.9 Å². The summed E-state index contributed by atoms with van der Waals surface area (Å²) in [7, 11) is 0. The predicted molar refractivity (Wildman–Crippen MR) is 56.9 cm³/mol. The molecule has 1 aromatic rings. The SMILES string of the molecule is CC(C)(O)CNc1cc(=O)cc(Cl)[nH]1. The minimum atomic E-state index is -0.834. The van der Waals surface area contributed by atoms with Crippen molar-refractivity contribution in [2.24, 2.45) is 0 Å². The maximum Gasteiger partial charge on any atom is 0.185 e. The molecule has 0 fully saturated rings. The van der Waals surface area contributed by atoms with E-state index in [1.807, 2.05) is 0 Å². The first-order chi connectivity index (χ1) is 6.37. The van der Waals surface area contributed by atoms with Crippen LogP contribution in [0.15, 0.2) is 16.9 Å². The third kappa shape index (κ3) is 3.81. The standard InChI is InChI=1S/C9H13ClN2O2/c1-9(2,14)5-11-8-4-6(13)3-7(10)12-8/h3-4,14H,5H2,1-2H3,(H2,11,12,13). The molecule has 0 radical (unpaired) electrons. The fourth-order valence-corrected chi connectivity index (χ4v) is 1.13. The summed E-state index contributed by atoms with van der Waals surface area (Å²) in [4.78, 5) is 13.8. The van der Waals surface area contributed by atoms with Gasteiger partial charge >= 0.3 is 0 Å². The summed E-state index contributed by atoms with van der Waals surface area (Å²) < 4.78 is 0. The van der Waals surface area contributed by atoms with Crippen LogP contribution >= 0.6 is 11.6 Å². The minimum absolute atomic E-state index is 0.174. The number of rotatable bonds is 3. The first kappa shape index (κ1) is 11.1. The van der Waals surface area contributed by atoms with Crippen molar-refractivity contribution in [3.8, 4) is 0 Å². The Morgan fingerprint density at radius 2 is 2.21 bits per heavy atom. The van der Waals surface area contributed by atoms with Gasteiger partial charge in [0.2, 0.25) is 0 Å². The van der Waals surface area contributed by atoms with Crippen LogP contribution in [0.4, 0.5) is 5.82 Å². The van der Waals surface area contributed by atoms with Crippen molar-refractivity contribution in [1.29, 1.82) is 0 Å². The van der Waals surface area contributed by atoms with E-state index >= 15 is 0 Å². The summed E-state index contributed by atoms with van der Waals surface area (Å²) in [5.41, 5.74) is -1.01. The van der Waals surface area contributed by atoms with Gasteiger partial charge in [0.05, 0.1) is 5.60 Å². The molecule has 1 aromatic heterocycles. The topological polar surface area (TPSA) is 65.1 Å². The first-order valence-corrected chi connectivity index (χ1v) is 4.61. The van der Waals surface area contributed by atoms with E-state index in [1.165, 1.54) is 12.1 Å². The number of aliphatic hydroxyl groups is 1. The van der Waals surface area contributed by atoms with E-state index in [-0.39, 0.29) is 10.6 Å². The normalized spacial score (nSPS) is 11.4. The molecule has 4 nitrogen and oxygen atoms in total. The number of hydrogen-bond donors (Lipinski definition) is 3. The number of aromatic amines is 1. The van der Waals surface area contributed by atoms with E-state index in [0.717, 1.165) is 0 Å². The van der Waals surface area contributed by atoms with Crippen molar-refractivity contribution < 1.29 is 5.11 Å². The van der Waals surface area contributed by atoms with E-state index < -0.39 is 5.60 Å². The molecule has 78 valence electrons. The van der Waals surface area contributed by atoms with Gasteiger partial charge in [0.1, 0.15) is 11.0 Å². The van der Waals surface area contributed by atoms with Gasteiger partial charge in [-0.2, -0.15) is 0 Å². The van der Waals surface area contributed by atoms with Crippen molar-refractivity contribution in [2.45, 2.75) is 19.4 Å². The maximum absolute atomic E-state index is 11.0. The van der Waals surface area contributed by atoms with Crippen LogP contribution in [0.25, 0.3) is 0 Å². The summed E-state index contributed by atoms with van der Waals surface area (Å²) in [6, 6.07) is 2.68. The summed E-state index contributed by atoms with van der Waals surface area (Å²) in [5, 5.41) is 12.6. The quantitative estimate of drug-likeness (QED) is 0.666. The van der Waals surface area contributed by atoms with Gasteiger partial charge in [-0.05, 0) is 13.8 Å². The van der Waals surface area contributed by atoms with Crippen molar-refractivity contribution in [1.82, 2.24) is 4.98 Å². The Balaban J connectivity index is 2.73. The lowest BCUT2D eigenvalue weighted by Gasteiger charge is -2.18. The molecular formula is C9H13ClN2O2. The molecule has 0 aliphatic rings. The second-order valence-electron chi connectivity index (χ2n) is 3.74. The van der Waals surface area contributed by atoms with Gasteiger partial charge in [-0.1, -0.05) is 11.6 Å². The molecule has 0 saturated carbocycles. The van der Waals surface area contributed by atoms with Gasteiger partial charge in [0.15, 0.2) is 5.43 Å². The minimum Gasteiger partial charge on any atom is -0.389 e. The fourth-order valence-electron chi connectivity index (χ4n) is 0.916. The molecule has 14 heavy (non-hydrogen) atoms. The monoisotopic (exact) mass is 216 g/mol. The van der Waals surface area contributed by atoms with Crippen LogP contribution in [0.3, 0.4) is 0 Å². The van der Waals surface area contributed by atoms with Crippen LogP contribution in [0, 0.1) is 0 Å². The number of anilines is 1. The van der Waals surface area contributed by atoms with E-state index in [4.69, 9.17) is 11.6 Å². The molecule has 0 unspecified atom stereocenters. The second-order valence-corrected chi connectivity index (χ2v) is 4.15. The lowest BCUT2D eigenvalue weighted by molar-refractivity contribution is 0.0944. The molecule has 0 bridgehead atoms. The van der Waals surface area contributed by atoms with E-state index in [9.17, 15) is 9.90 Å². The maximum atomic E-state index is 11.0. The smallest absolute Gasteiger partial charge is 0.185 e. The lowest BCUT2D eigenvalue weighted by Crippen LogP contribution is -2.29. The number of hydrogen-bond acceptors (Lipinski definition) is 3. The van der Waals surface area contributed by atoms with E-state index in [1.54, 1.807) is 13.8 Å². The molecule has 0 amide bonds. The summed E-state index contributed by atoms with van der Waals surface area (Å²) in [6.07, 6.45) is 0. The Hall–Kier alpha value is -1.00. The highest BCUT2D eigenvalue weighted by Crippen LogP contribution is 2.07. The summed E-state index contributed by atoms with van der Waals surface area (Å²) >= 11 is 5.64. The van der Waals surface area contributed by atoms with Gasteiger partial charge in [-0.3, -0.25) is 4.79 Å². The van der Waals surface area contributed by atoms with Crippen LogP contribution in [-0.4, -0.2) is 22.2 Å². The van der Waals surface area contributed by atoms with Gasteiger partial charge in [-0.15, -0.1) is 0 Å². The van der Waals surface area contributed by atoms with Gasteiger partial charge in [0.25, 0.3) is 0 Å². The lowest BCUT2D eigenvalue weighted by atomic mass is 10.1. The summed E-state index contributed by atoms with van der Waals surface area (Å²) in [5.74, 6) is 0.504. The third-order valence-electron chi connectivity index (χ3n) is 1.52. The molecule has 5 heteroatoms. The molecule has 0 aliphatic heterocycles. The van der Waals surface area contributed by atoms with Gasteiger partial charge < -0.3 is 15.4 Å². The molecule has 0 aliphatic carbocycles. The Morgan fingerprint density at radius 1 is 1.57 bits per heavy atom. The van der Waals surface area contributed by atoms with Crippen LogP contribution in [0.5, 0.6) is 0 Å².